The van der Waals surface area contributed by atoms with Gasteiger partial charge >= 0.3 is 0 Å². The second-order valence-electron chi connectivity index (χ2n) is 9.36. The van der Waals surface area contributed by atoms with Crippen molar-refractivity contribution >= 4 is 35.7 Å². The number of carbonyl (C=O) groups excluding carboxylic acids is 1. The zero-order valence-corrected chi connectivity index (χ0v) is 19.7. The van der Waals surface area contributed by atoms with E-state index < -0.39 is 8.07 Å². The van der Waals surface area contributed by atoms with E-state index in [1.807, 2.05) is 66.3 Å². The Hall–Kier alpha value is -2.83. The first kappa shape index (κ1) is 21.4. The first-order valence-corrected chi connectivity index (χ1v) is 14.4. The van der Waals surface area contributed by atoms with Crippen LogP contribution in [0.25, 0.3) is 21.8 Å². The van der Waals surface area contributed by atoms with Crippen LogP contribution in [0.1, 0.15) is 21.6 Å². The summed E-state index contributed by atoms with van der Waals surface area (Å²) >= 11 is 0. The number of carbonyl (C=O) groups is 1. The van der Waals surface area contributed by atoms with Gasteiger partial charge in [-0.1, -0.05) is 50.0 Å². The number of para-hydroxylation sites is 1. The van der Waals surface area contributed by atoms with Gasteiger partial charge in [-0.2, -0.15) is 5.10 Å². The van der Waals surface area contributed by atoms with Gasteiger partial charge in [-0.05, 0) is 42.3 Å². The average molecular weight is 432 g/mol. The highest BCUT2D eigenvalue weighted by molar-refractivity contribution is 6.76. The molecule has 6 heteroatoms. The molecule has 2 aromatic carbocycles. The van der Waals surface area contributed by atoms with E-state index >= 15 is 0 Å². The van der Waals surface area contributed by atoms with Crippen LogP contribution in [0.15, 0.2) is 54.7 Å². The Bertz CT molecular complexity index is 1240. The van der Waals surface area contributed by atoms with Crippen LogP contribution in [0.5, 0.6) is 0 Å². The molecule has 0 radical (unpaired) electrons. The minimum absolute atomic E-state index is 0.0200. The largest absolute Gasteiger partial charge is 0.360 e. The molecule has 2 aromatic heterocycles. The Balaban J connectivity index is 1.48. The first-order valence-electron chi connectivity index (χ1n) is 10.7. The van der Waals surface area contributed by atoms with Gasteiger partial charge in [-0.15, -0.1) is 0 Å². The van der Waals surface area contributed by atoms with Crippen LogP contribution in [0.2, 0.25) is 25.7 Å². The van der Waals surface area contributed by atoms with Crippen molar-refractivity contribution in [3.05, 3.63) is 71.5 Å². The lowest BCUT2D eigenvalue weighted by molar-refractivity contribution is 0.0791. The van der Waals surface area contributed by atoms with Gasteiger partial charge in [0.15, 0.2) is 5.78 Å². The molecule has 0 aliphatic carbocycles. The number of benzene rings is 2. The summed E-state index contributed by atoms with van der Waals surface area (Å²) in [5.74, 6) is 0.0200. The Labute approximate surface area is 184 Å². The summed E-state index contributed by atoms with van der Waals surface area (Å²) in [7, 11) is -1.09. The van der Waals surface area contributed by atoms with Gasteiger partial charge in [0.25, 0.3) is 0 Å². The molecule has 5 nitrogen and oxygen atoms in total. The molecule has 0 spiro atoms. The fourth-order valence-corrected chi connectivity index (χ4v) is 4.40. The quantitative estimate of drug-likeness (QED) is 0.206. The Morgan fingerprint density at radius 2 is 1.87 bits per heavy atom. The SMILES string of the molecule is Cc1cc(CC(=O)c2ccc3ccccc3n2)cc2cn(COCC[Si](C)(C)C)nc12. The third-order valence-electron chi connectivity index (χ3n) is 5.38. The van der Waals surface area contributed by atoms with Gasteiger partial charge < -0.3 is 4.74 Å². The number of hydrogen-bond acceptors (Lipinski definition) is 4. The molecule has 0 bridgehead atoms. The molecule has 31 heavy (non-hydrogen) atoms. The van der Waals surface area contributed by atoms with Crippen LogP contribution in [-0.2, 0) is 17.9 Å². The number of ketones is 1. The smallest absolute Gasteiger partial charge is 0.185 e. The molecular formula is C25H29N3O2Si. The normalized spacial score (nSPS) is 12.0. The maximum Gasteiger partial charge on any atom is 0.185 e. The van der Waals surface area contributed by atoms with Gasteiger partial charge in [0, 0.05) is 38.1 Å². The molecule has 0 saturated carbocycles. The molecule has 160 valence electrons. The molecule has 0 amide bonds. The topological polar surface area (TPSA) is 57.0 Å². The number of nitrogens with zero attached hydrogens (tertiary/aromatic N) is 3. The lowest BCUT2D eigenvalue weighted by Gasteiger charge is -2.15. The van der Waals surface area contributed by atoms with Crippen molar-refractivity contribution in [1.29, 1.82) is 0 Å². The lowest BCUT2D eigenvalue weighted by atomic mass is 10.0. The van der Waals surface area contributed by atoms with Crippen molar-refractivity contribution in [3.63, 3.8) is 0 Å². The Morgan fingerprint density at radius 1 is 1.06 bits per heavy atom. The fraction of sp³-hybridized carbons (Fsp3) is 0.320. The molecule has 0 N–H and O–H groups in total. The van der Waals surface area contributed by atoms with Crippen LogP contribution in [-0.4, -0.2) is 35.2 Å². The van der Waals surface area contributed by atoms with E-state index in [4.69, 9.17) is 4.74 Å². The van der Waals surface area contributed by atoms with E-state index in [2.05, 4.69) is 29.7 Å². The maximum absolute atomic E-state index is 12.9. The first-order chi connectivity index (χ1) is 14.8. The summed E-state index contributed by atoms with van der Waals surface area (Å²) in [4.78, 5) is 17.4. The standard InChI is InChI=1S/C25H29N3O2Si/c1-18-13-19(15-24(29)23-10-9-20-7-5-6-8-22(20)26-23)14-21-16-28(27-25(18)21)17-30-11-12-31(2,3)4/h5-10,13-14,16H,11-12,15,17H2,1-4H3. The third-order valence-corrected chi connectivity index (χ3v) is 7.08. The summed E-state index contributed by atoms with van der Waals surface area (Å²) < 4.78 is 7.67. The number of fused-ring (bicyclic) bond motifs is 2. The Morgan fingerprint density at radius 3 is 2.68 bits per heavy atom. The predicted octanol–water partition coefficient (Wildman–Crippen LogP) is 5.63. The molecule has 0 atom stereocenters. The van der Waals surface area contributed by atoms with Crippen molar-refractivity contribution in [3.8, 4) is 0 Å². The number of rotatable bonds is 8. The van der Waals surface area contributed by atoms with E-state index in [0.29, 0.717) is 18.8 Å². The van der Waals surface area contributed by atoms with Gasteiger partial charge in [0.2, 0.25) is 0 Å². The van der Waals surface area contributed by atoms with Crippen molar-refractivity contribution in [2.75, 3.05) is 6.61 Å². The van der Waals surface area contributed by atoms with Crippen molar-refractivity contribution in [2.45, 2.75) is 45.8 Å². The third kappa shape index (κ3) is 5.27. The van der Waals surface area contributed by atoms with Crippen molar-refractivity contribution in [1.82, 2.24) is 14.8 Å². The fourth-order valence-electron chi connectivity index (χ4n) is 3.64. The molecule has 0 fully saturated rings. The summed E-state index contributed by atoms with van der Waals surface area (Å²) in [6.45, 7) is 10.3. The van der Waals surface area contributed by atoms with Crippen molar-refractivity contribution in [2.24, 2.45) is 0 Å². The lowest BCUT2D eigenvalue weighted by Crippen LogP contribution is -2.22. The van der Waals surface area contributed by atoms with Crippen LogP contribution in [0.4, 0.5) is 0 Å². The zero-order chi connectivity index (χ0) is 22.0. The number of aromatic nitrogens is 3. The van der Waals surface area contributed by atoms with Gasteiger partial charge in [-0.25, -0.2) is 9.67 Å². The molecule has 0 aliphatic rings. The van der Waals surface area contributed by atoms with Crippen molar-refractivity contribution < 1.29 is 9.53 Å². The van der Waals surface area contributed by atoms with Gasteiger partial charge in [-0.3, -0.25) is 4.79 Å². The van der Waals surface area contributed by atoms with Crippen LogP contribution in [0, 0.1) is 6.92 Å². The zero-order valence-electron chi connectivity index (χ0n) is 18.7. The Kier molecular flexibility index (Phi) is 6.02. The number of aryl methyl sites for hydroxylation is 1. The summed E-state index contributed by atoms with van der Waals surface area (Å²) in [6, 6.07) is 16.8. The van der Waals surface area contributed by atoms with E-state index in [9.17, 15) is 4.79 Å². The minimum Gasteiger partial charge on any atom is -0.360 e. The molecular weight excluding hydrogens is 402 g/mol. The summed E-state index contributed by atoms with van der Waals surface area (Å²) in [5, 5.41) is 6.73. The second kappa shape index (κ2) is 8.73. The second-order valence-corrected chi connectivity index (χ2v) is 15.0. The van der Waals surface area contributed by atoms with Gasteiger partial charge in [0.05, 0.1) is 11.0 Å². The highest BCUT2D eigenvalue weighted by Gasteiger charge is 2.14. The van der Waals surface area contributed by atoms with Gasteiger partial charge in [0.1, 0.15) is 12.4 Å². The van der Waals surface area contributed by atoms with Crippen LogP contribution in [0.3, 0.4) is 0 Å². The molecule has 4 aromatic rings. The summed E-state index contributed by atoms with van der Waals surface area (Å²) in [6.07, 6.45) is 2.32. The number of Topliss-reactive ketones (excluding diaryl/α,β-unsaturated/α-hetero) is 1. The molecule has 0 saturated heterocycles. The predicted molar refractivity (Wildman–Crippen MR) is 128 cm³/mol. The highest BCUT2D eigenvalue weighted by Crippen LogP contribution is 2.21. The highest BCUT2D eigenvalue weighted by atomic mass is 28.3. The van der Waals surface area contributed by atoms with E-state index in [1.54, 1.807) is 0 Å². The summed E-state index contributed by atoms with van der Waals surface area (Å²) in [5.41, 5.74) is 4.34. The minimum atomic E-state index is -1.09. The molecule has 0 unspecified atom stereocenters. The molecule has 4 rings (SSSR count). The van der Waals surface area contributed by atoms with E-state index in [1.165, 1.54) is 0 Å². The average Bonchev–Trinajstić information content (AvgIpc) is 3.13. The number of pyridine rings is 1. The number of ether oxygens (including phenoxy) is 1. The van der Waals surface area contributed by atoms with E-state index in [0.717, 1.165) is 45.6 Å². The maximum atomic E-state index is 12.9. The van der Waals surface area contributed by atoms with Crippen LogP contribution < -0.4 is 0 Å². The number of hydrogen-bond donors (Lipinski definition) is 0. The van der Waals surface area contributed by atoms with Crippen LogP contribution >= 0.6 is 0 Å². The van der Waals surface area contributed by atoms with E-state index in [-0.39, 0.29) is 5.78 Å². The monoisotopic (exact) mass is 431 g/mol. The molecule has 0 aliphatic heterocycles. The molecule has 2 heterocycles.